The molecule has 1 aliphatic heterocycles. The summed E-state index contributed by atoms with van der Waals surface area (Å²) < 4.78 is 5.22. The van der Waals surface area contributed by atoms with Crippen molar-refractivity contribution in [1.82, 2.24) is 0 Å². The molecule has 0 bridgehead atoms. The van der Waals surface area contributed by atoms with Gasteiger partial charge >= 0.3 is 0 Å². The molecule has 0 aromatic heterocycles. The molecule has 1 rings (SSSR count). The second-order valence-electron chi connectivity index (χ2n) is 5.69. The zero-order valence-corrected chi connectivity index (χ0v) is 10.9. The molecule has 0 unspecified atom stereocenters. The van der Waals surface area contributed by atoms with Crippen LogP contribution >= 0.6 is 0 Å². The molecule has 5 atom stereocenters. The molecular weight excluding hydrogens is 228 g/mol. The van der Waals surface area contributed by atoms with Crippen LogP contribution in [0.2, 0.25) is 0 Å². The molecule has 0 amide bonds. The predicted molar refractivity (Wildman–Crippen MR) is 59.1 cm³/mol. The molecule has 1 fully saturated rings. The first-order valence-corrected chi connectivity index (χ1v) is 5.47. The van der Waals surface area contributed by atoms with E-state index in [2.05, 4.69) is 0 Å². The van der Waals surface area contributed by atoms with Crippen LogP contribution in [0.25, 0.3) is 0 Å². The van der Waals surface area contributed by atoms with E-state index in [1.54, 1.807) is 0 Å². The van der Waals surface area contributed by atoms with Gasteiger partial charge in [0, 0.05) is 0 Å². The molecule has 0 radical (unpaired) electrons. The van der Waals surface area contributed by atoms with Gasteiger partial charge in [-0.1, -0.05) is 0 Å². The van der Waals surface area contributed by atoms with E-state index in [4.69, 9.17) is 4.74 Å². The summed E-state index contributed by atoms with van der Waals surface area (Å²) in [5.74, 6) is -2.11. The van der Waals surface area contributed by atoms with E-state index in [1.165, 1.54) is 34.6 Å². The minimum absolute atomic E-state index is 0.623. The lowest BCUT2D eigenvalue weighted by Gasteiger charge is -2.63. The predicted octanol–water partition coefficient (Wildman–Crippen LogP) is -1.27. The van der Waals surface area contributed by atoms with Crippen molar-refractivity contribution in [3.8, 4) is 0 Å². The van der Waals surface area contributed by atoms with Crippen molar-refractivity contribution in [2.75, 3.05) is 6.61 Å². The van der Waals surface area contributed by atoms with E-state index in [0.717, 1.165) is 0 Å². The normalized spacial score (nSPS) is 60.4. The third-order valence-electron chi connectivity index (χ3n) is 4.55. The molecule has 6 heteroatoms. The Hall–Kier alpha value is -0.240. The first-order valence-electron chi connectivity index (χ1n) is 5.47. The Morgan fingerprint density at radius 3 is 1.53 bits per heavy atom. The standard InChI is InChI=1S/C11H22O6/c1-7(6-12)8(2,13)9(3,14)10(4,15)11(5,16)17-7/h12-16H,6H2,1-5H3/t7-,8-,9+,10-,11+/m1/s1. The molecule has 0 spiro atoms. The van der Waals surface area contributed by atoms with Gasteiger partial charge in [0.2, 0.25) is 0 Å². The Bertz CT molecular complexity index is 320. The second-order valence-corrected chi connectivity index (χ2v) is 5.69. The Labute approximate surface area is 100 Å². The van der Waals surface area contributed by atoms with Gasteiger partial charge in [0.1, 0.15) is 22.4 Å². The lowest BCUT2D eigenvalue weighted by molar-refractivity contribution is -0.449. The van der Waals surface area contributed by atoms with Crippen molar-refractivity contribution in [2.45, 2.75) is 62.8 Å². The maximum Gasteiger partial charge on any atom is 0.195 e. The number of aliphatic hydroxyl groups excluding tert-OH is 1. The van der Waals surface area contributed by atoms with Crippen LogP contribution in [0.1, 0.15) is 34.6 Å². The average Bonchev–Trinajstić information content (AvgIpc) is 2.14. The first kappa shape index (κ1) is 14.8. The van der Waals surface area contributed by atoms with Gasteiger partial charge in [-0.15, -0.1) is 0 Å². The van der Waals surface area contributed by atoms with Gasteiger partial charge < -0.3 is 30.3 Å². The molecule has 1 heterocycles. The quantitative estimate of drug-likeness (QED) is 0.397. The van der Waals surface area contributed by atoms with Crippen molar-refractivity contribution in [3.05, 3.63) is 0 Å². The first-order chi connectivity index (χ1) is 7.27. The highest BCUT2D eigenvalue weighted by atomic mass is 16.7. The van der Waals surface area contributed by atoms with Gasteiger partial charge in [-0.05, 0) is 34.6 Å². The smallest absolute Gasteiger partial charge is 0.195 e. The number of aliphatic hydroxyl groups is 5. The zero-order valence-electron chi connectivity index (χ0n) is 10.9. The van der Waals surface area contributed by atoms with Crippen molar-refractivity contribution in [2.24, 2.45) is 0 Å². The summed E-state index contributed by atoms with van der Waals surface area (Å²) >= 11 is 0. The van der Waals surface area contributed by atoms with Crippen molar-refractivity contribution in [3.63, 3.8) is 0 Å². The van der Waals surface area contributed by atoms with E-state index >= 15 is 0 Å². The third kappa shape index (κ3) is 1.49. The highest BCUT2D eigenvalue weighted by molar-refractivity contribution is 5.21. The van der Waals surface area contributed by atoms with Crippen molar-refractivity contribution >= 4 is 0 Å². The van der Waals surface area contributed by atoms with Crippen LogP contribution in [0.4, 0.5) is 0 Å². The molecule has 0 saturated carbocycles. The number of hydrogen-bond acceptors (Lipinski definition) is 6. The molecule has 0 aromatic rings. The molecule has 6 nitrogen and oxygen atoms in total. The molecule has 17 heavy (non-hydrogen) atoms. The Morgan fingerprint density at radius 2 is 1.18 bits per heavy atom. The minimum atomic E-state index is -2.11. The average molecular weight is 250 g/mol. The summed E-state index contributed by atoms with van der Waals surface area (Å²) in [6.07, 6.45) is 0. The summed E-state index contributed by atoms with van der Waals surface area (Å²) in [7, 11) is 0. The molecular formula is C11H22O6. The molecule has 5 N–H and O–H groups in total. The minimum Gasteiger partial charge on any atom is -0.393 e. The maximum absolute atomic E-state index is 10.4. The van der Waals surface area contributed by atoms with Gasteiger partial charge in [0.15, 0.2) is 5.79 Å². The second kappa shape index (κ2) is 3.40. The Kier molecular flexibility index (Phi) is 2.97. The van der Waals surface area contributed by atoms with E-state index in [0.29, 0.717) is 0 Å². The van der Waals surface area contributed by atoms with Crippen molar-refractivity contribution in [1.29, 1.82) is 0 Å². The fraction of sp³-hybridized carbons (Fsp3) is 1.00. The van der Waals surface area contributed by atoms with E-state index in [9.17, 15) is 25.5 Å². The molecule has 102 valence electrons. The molecule has 0 aromatic carbocycles. The Morgan fingerprint density at radius 1 is 0.765 bits per heavy atom. The molecule has 0 aliphatic carbocycles. The molecule has 1 saturated heterocycles. The third-order valence-corrected chi connectivity index (χ3v) is 4.55. The monoisotopic (exact) mass is 250 g/mol. The molecule has 1 aliphatic rings. The van der Waals surface area contributed by atoms with E-state index in [-0.39, 0.29) is 0 Å². The summed E-state index contributed by atoms with van der Waals surface area (Å²) in [5, 5.41) is 50.4. The van der Waals surface area contributed by atoms with Gasteiger partial charge in [0.05, 0.1) is 6.61 Å². The summed E-state index contributed by atoms with van der Waals surface area (Å²) in [4.78, 5) is 0. The van der Waals surface area contributed by atoms with Gasteiger partial charge in [-0.25, -0.2) is 0 Å². The van der Waals surface area contributed by atoms with Crippen LogP contribution in [0.3, 0.4) is 0 Å². The lowest BCUT2D eigenvalue weighted by atomic mass is 9.61. The number of rotatable bonds is 1. The number of hydrogen-bond donors (Lipinski definition) is 5. The highest BCUT2D eigenvalue weighted by Crippen LogP contribution is 2.52. The lowest BCUT2D eigenvalue weighted by Crippen LogP contribution is -2.84. The highest BCUT2D eigenvalue weighted by Gasteiger charge is 2.73. The van der Waals surface area contributed by atoms with Gasteiger partial charge in [-0.3, -0.25) is 0 Å². The van der Waals surface area contributed by atoms with Crippen LogP contribution in [0.15, 0.2) is 0 Å². The Balaban J connectivity index is 3.46. The van der Waals surface area contributed by atoms with E-state index in [1.807, 2.05) is 0 Å². The van der Waals surface area contributed by atoms with Crippen molar-refractivity contribution < 1.29 is 30.3 Å². The fourth-order valence-corrected chi connectivity index (χ4v) is 2.26. The number of ether oxygens (including phenoxy) is 1. The largest absolute Gasteiger partial charge is 0.393 e. The van der Waals surface area contributed by atoms with Crippen LogP contribution < -0.4 is 0 Å². The topological polar surface area (TPSA) is 110 Å². The van der Waals surface area contributed by atoms with Crippen LogP contribution in [0.5, 0.6) is 0 Å². The maximum atomic E-state index is 10.4. The summed E-state index contributed by atoms with van der Waals surface area (Å²) in [5.41, 5.74) is -7.76. The van der Waals surface area contributed by atoms with Gasteiger partial charge in [0.25, 0.3) is 0 Å². The summed E-state index contributed by atoms with van der Waals surface area (Å²) in [6.45, 7) is 5.50. The van der Waals surface area contributed by atoms with Crippen LogP contribution in [-0.4, -0.2) is 60.3 Å². The zero-order chi connectivity index (χ0) is 13.9. The fourth-order valence-electron chi connectivity index (χ4n) is 2.26. The van der Waals surface area contributed by atoms with Crippen LogP contribution in [0, 0.1) is 0 Å². The summed E-state index contributed by atoms with van der Waals surface area (Å²) in [6, 6.07) is 0. The SMILES string of the molecule is C[C@]1(O)[C@](C)(O)[C@@](C)(CO)O[C@](C)(O)[C@]1(C)O. The van der Waals surface area contributed by atoms with Crippen LogP contribution in [-0.2, 0) is 4.74 Å². The van der Waals surface area contributed by atoms with Gasteiger partial charge in [-0.2, -0.15) is 0 Å². The van der Waals surface area contributed by atoms with E-state index < -0.39 is 34.8 Å².